The zero-order valence-electron chi connectivity index (χ0n) is 15.6. The zero-order chi connectivity index (χ0) is 20.5. The van der Waals surface area contributed by atoms with Crippen molar-refractivity contribution >= 4 is 16.8 Å². The highest BCUT2D eigenvalue weighted by atomic mass is 16.7. The molecule has 0 radical (unpaired) electrons. The number of hydrogen-bond donors (Lipinski definition) is 1. The van der Waals surface area contributed by atoms with Crippen LogP contribution in [0.4, 0.5) is 0 Å². The van der Waals surface area contributed by atoms with Gasteiger partial charge in [-0.25, -0.2) is 4.98 Å². The van der Waals surface area contributed by atoms with E-state index in [4.69, 9.17) is 14.0 Å². The summed E-state index contributed by atoms with van der Waals surface area (Å²) in [6, 6.07) is 12.4. The molecule has 30 heavy (non-hydrogen) atoms. The van der Waals surface area contributed by atoms with E-state index in [9.17, 15) is 9.59 Å². The van der Waals surface area contributed by atoms with Crippen LogP contribution in [0.3, 0.4) is 0 Å². The number of aromatic nitrogens is 4. The molecular formula is C20H15N5O5. The molecule has 0 saturated heterocycles. The van der Waals surface area contributed by atoms with Crippen LogP contribution in [0.1, 0.15) is 22.1 Å². The van der Waals surface area contributed by atoms with Crippen LogP contribution >= 0.6 is 0 Å². The molecule has 0 atom stereocenters. The molecule has 0 spiro atoms. The number of rotatable bonds is 5. The predicted molar refractivity (Wildman–Crippen MR) is 103 cm³/mol. The minimum Gasteiger partial charge on any atom is -0.454 e. The first-order chi connectivity index (χ1) is 14.7. The number of para-hydroxylation sites is 1. The van der Waals surface area contributed by atoms with Crippen LogP contribution in [0.25, 0.3) is 10.9 Å². The van der Waals surface area contributed by atoms with E-state index in [0.717, 1.165) is 5.56 Å². The summed E-state index contributed by atoms with van der Waals surface area (Å²) < 4.78 is 17.0. The molecular weight excluding hydrogens is 390 g/mol. The molecule has 10 heteroatoms. The lowest BCUT2D eigenvalue weighted by molar-refractivity contribution is 0.0907. The van der Waals surface area contributed by atoms with E-state index in [1.165, 1.54) is 10.9 Å². The van der Waals surface area contributed by atoms with Crippen LogP contribution in [0, 0.1) is 0 Å². The number of fused-ring (bicyclic) bond motifs is 2. The standard InChI is InChI=1S/C20H15N5O5/c26-18(21-8-12-5-6-15-16(7-12)29-11-28-15)19-23-17(24-30-19)9-25-10-22-14-4-2-1-3-13(14)20(25)27/h1-7,10H,8-9,11H2,(H,21,26). The molecule has 0 unspecified atom stereocenters. The highest BCUT2D eigenvalue weighted by molar-refractivity contribution is 5.89. The second kappa shape index (κ2) is 7.32. The first-order valence-electron chi connectivity index (χ1n) is 9.11. The molecule has 1 N–H and O–H groups in total. The Balaban J connectivity index is 1.27. The van der Waals surface area contributed by atoms with Gasteiger partial charge in [0.2, 0.25) is 6.79 Å². The van der Waals surface area contributed by atoms with E-state index >= 15 is 0 Å². The Labute approximate surface area is 169 Å². The van der Waals surface area contributed by atoms with Gasteiger partial charge in [-0.2, -0.15) is 4.98 Å². The molecule has 0 fully saturated rings. The van der Waals surface area contributed by atoms with E-state index in [0.29, 0.717) is 22.4 Å². The maximum atomic E-state index is 12.6. The van der Waals surface area contributed by atoms with Crippen molar-refractivity contribution in [3.05, 3.63) is 76.4 Å². The van der Waals surface area contributed by atoms with Crippen LogP contribution in [-0.4, -0.2) is 32.4 Å². The first kappa shape index (κ1) is 17.9. The van der Waals surface area contributed by atoms with Gasteiger partial charge in [-0.15, -0.1) is 0 Å². The van der Waals surface area contributed by atoms with E-state index in [-0.39, 0.29) is 37.2 Å². The number of amides is 1. The van der Waals surface area contributed by atoms with Crippen molar-refractivity contribution < 1.29 is 18.8 Å². The quantitative estimate of drug-likeness (QED) is 0.530. The Morgan fingerprint density at radius 2 is 2.00 bits per heavy atom. The summed E-state index contributed by atoms with van der Waals surface area (Å²) in [6.45, 7) is 0.475. The Bertz CT molecular complexity index is 1310. The number of nitrogens with one attached hydrogen (secondary N) is 1. The number of ether oxygens (including phenoxy) is 2. The number of carbonyl (C=O) groups is 1. The maximum absolute atomic E-state index is 12.6. The van der Waals surface area contributed by atoms with Gasteiger partial charge in [0, 0.05) is 6.54 Å². The maximum Gasteiger partial charge on any atom is 0.316 e. The number of nitrogens with zero attached hydrogens (tertiary/aromatic N) is 4. The summed E-state index contributed by atoms with van der Waals surface area (Å²) in [7, 11) is 0. The van der Waals surface area contributed by atoms with Gasteiger partial charge in [0.1, 0.15) is 0 Å². The van der Waals surface area contributed by atoms with Gasteiger partial charge >= 0.3 is 11.8 Å². The second-order valence-electron chi connectivity index (χ2n) is 6.58. The molecule has 150 valence electrons. The molecule has 0 saturated carbocycles. The van der Waals surface area contributed by atoms with Gasteiger partial charge in [0.25, 0.3) is 5.56 Å². The molecule has 5 rings (SSSR count). The summed E-state index contributed by atoms with van der Waals surface area (Å²) in [4.78, 5) is 33.2. The first-order valence-corrected chi connectivity index (χ1v) is 9.11. The normalized spacial score (nSPS) is 12.3. The number of hydrogen-bond acceptors (Lipinski definition) is 8. The van der Waals surface area contributed by atoms with Crippen LogP contribution < -0.4 is 20.3 Å². The highest BCUT2D eigenvalue weighted by Crippen LogP contribution is 2.32. The topological polar surface area (TPSA) is 121 Å². The fourth-order valence-electron chi connectivity index (χ4n) is 3.09. The van der Waals surface area contributed by atoms with Crippen molar-refractivity contribution in [2.24, 2.45) is 0 Å². The number of carbonyl (C=O) groups excluding carboxylic acids is 1. The summed E-state index contributed by atoms with van der Waals surface area (Å²) in [5.74, 6) is 0.798. The van der Waals surface area contributed by atoms with Crippen molar-refractivity contribution in [3.63, 3.8) is 0 Å². The molecule has 2 aromatic carbocycles. The molecule has 3 heterocycles. The lowest BCUT2D eigenvalue weighted by atomic mass is 10.2. The third kappa shape index (κ3) is 3.34. The molecule has 0 bridgehead atoms. The minimum absolute atomic E-state index is 0.0373. The molecule has 10 nitrogen and oxygen atoms in total. The zero-order valence-corrected chi connectivity index (χ0v) is 15.6. The minimum atomic E-state index is -0.518. The summed E-state index contributed by atoms with van der Waals surface area (Å²) in [5.41, 5.74) is 1.22. The van der Waals surface area contributed by atoms with Crippen molar-refractivity contribution in [1.29, 1.82) is 0 Å². The SMILES string of the molecule is O=C(NCc1ccc2c(c1)OCO2)c1nc(Cn2cnc3ccccc3c2=O)no1. The Morgan fingerprint density at radius 3 is 2.93 bits per heavy atom. The van der Waals surface area contributed by atoms with Gasteiger partial charge in [-0.05, 0) is 29.8 Å². The van der Waals surface area contributed by atoms with Gasteiger partial charge in [-0.3, -0.25) is 14.2 Å². The lowest BCUT2D eigenvalue weighted by Gasteiger charge is -2.04. The average Bonchev–Trinajstić information content (AvgIpc) is 3.43. The second-order valence-corrected chi connectivity index (χ2v) is 6.58. The summed E-state index contributed by atoms with van der Waals surface area (Å²) in [6.07, 6.45) is 1.42. The lowest BCUT2D eigenvalue weighted by Crippen LogP contribution is -2.23. The van der Waals surface area contributed by atoms with E-state index in [2.05, 4.69) is 20.4 Å². The summed E-state index contributed by atoms with van der Waals surface area (Å²) >= 11 is 0. The average molecular weight is 405 g/mol. The Kier molecular flexibility index (Phi) is 4.36. The fourth-order valence-corrected chi connectivity index (χ4v) is 3.09. The Morgan fingerprint density at radius 1 is 1.13 bits per heavy atom. The molecule has 1 aliphatic rings. The van der Waals surface area contributed by atoms with E-state index in [1.807, 2.05) is 12.1 Å². The van der Waals surface area contributed by atoms with Crippen molar-refractivity contribution in [2.45, 2.75) is 13.1 Å². The molecule has 1 amide bonds. The third-order valence-electron chi connectivity index (χ3n) is 4.60. The Hall–Kier alpha value is -4.21. The molecule has 0 aliphatic carbocycles. The van der Waals surface area contributed by atoms with Gasteiger partial charge < -0.3 is 19.3 Å². The van der Waals surface area contributed by atoms with E-state index in [1.54, 1.807) is 30.3 Å². The van der Waals surface area contributed by atoms with E-state index < -0.39 is 5.91 Å². The molecule has 1 aliphatic heterocycles. The molecule has 4 aromatic rings. The fraction of sp³-hybridized carbons (Fsp3) is 0.150. The van der Waals surface area contributed by atoms with Gasteiger partial charge in [0.05, 0.1) is 23.8 Å². The van der Waals surface area contributed by atoms with Crippen molar-refractivity contribution in [2.75, 3.05) is 6.79 Å². The van der Waals surface area contributed by atoms with Gasteiger partial charge in [0.15, 0.2) is 17.3 Å². The van der Waals surface area contributed by atoms with Crippen LogP contribution in [-0.2, 0) is 13.1 Å². The monoisotopic (exact) mass is 405 g/mol. The molecule has 2 aromatic heterocycles. The smallest absolute Gasteiger partial charge is 0.316 e. The number of benzene rings is 2. The van der Waals surface area contributed by atoms with Crippen molar-refractivity contribution in [1.82, 2.24) is 25.0 Å². The highest BCUT2D eigenvalue weighted by Gasteiger charge is 2.17. The largest absolute Gasteiger partial charge is 0.454 e. The van der Waals surface area contributed by atoms with Crippen molar-refractivity contribution in [3.8, 4) is 11.5 Å². The summed E-state index contributed by atoms with van der Waals surface area (Å²) in [5, 5.41) is 6.98. The van der Waals surface area contributed by atoms with Gasteiger partial charge in [-0.1, -0.05) is 23.4 Å². The third-order valence-corrected chi connectivity index (χ3v) is 4.60. The van der Waals surface area contributed by atoms with Crippen LogP contribution in [0.5, 0.6) is 11.5 Å². The van der Waals surface area contributed by atoms with Crippen LogP contribution in [0.2, 0.25) is 0 Å². The van der Waals surface area contributed by atoms with Crippen LogP contribution in [0.15, 0.2) is 58.1 Å². The predicted octanol–water partition coefficient (Wildman–Crippen LogP) is 1.49.